The molecule has 0 spiro atoms. The summed E-state index contributed by atoms with van der Waals surface area (Å²) in [4.78, 5) is 23.3. The van der Waals surface area contributed by atoms with Crippen LogP contribution in [0, 0.1) is 11.7 Å². The van der Waals surface area contributed by atoms with Crippen molar-refractivity contribution in [3.8, 4) is 0 Å². The van der Waals surface area contributed by atoms with E-state index in [0.717, 1.165) is 24.5 Å². The van der Waals surface area contributed by atoms with Gasteiger partial charge >= 0.3 is 5.97 Å². The molecule has 0 fully saturated rings. The summed E-state index contributed by atoms with van der Waals surface area (Å²) in [6.45, 7) is 3.47. The number of hydrogen-bond donors (Lipinski definition) is 3. The minimum Gasteiger partial charge on any atom is -0.480 e. The van der Waals surface area contributed by atoms with Crippen molar-refractivity contribution in [1.82, 2.24) is 5.32 Å². The first-order valence-electron chi connectivity index (χ1n) is 6.86. The van der Waals surface area contributed by atoms with Gasteiger partial charge in [0, 0.05) is 5.56 Å². The fourth-order valence-electron chi connectivity index (χ4n) is 1.85. The van der Waals surface area contributed by atoms with Gasteiger partial charge in [0.1, 0.15) is 11.9 Å². The Morgan fingerprint density at radius 3 is 2.43 bits per heavy atom. The fourth-order valence-corrected chi connectivity index (χ4v) is 2.41. The monoisotopic (exact) mass is 346 g/mol. The lowest BCUT2D eigenvalue weighted by atomic mass is 9.99. The van der Waals surface area contributed by atoms with E-state index in [9.17, 15) is 22.4 Å². The van der Waals surface area contributed by atoms with Crippen LogP contribution in [-0.2, 0) is 14.8 Å². The van der Waals surface area contributed by atoms with Crippen LogP contribution in [0.3, 0.4) is 0 Å². The number of carbonyl (C=O) groups is 2. The molecule has 1 rings (SSSR count). The van der Waals surface area contributed by atoms with E-state index in [0.29, 0.717) is 6.42 Å². The summed E-state index contributed by atoms with van der Waals surface area (Å²) < 4.78 is 37.9. The summed E-state index contributed by atoms with van der Waals surface area (Å²) in [6.07, 6.45) is 1.39. The van der Waals surface area contributed by atoms with Gasteiger partial charge in [-0.05, 0) is 24.1 Å². The molecule has 1 aromatic carbocycles. The highest BCUT2D eigenvalue weighted by molar-refractivity contribution is 7.92. The number of carboxylic acid groups (broad SMARTS) is 1. The van der Waals surface area contributed by atoms with Gasteiger partial charge in [-0.2, -0.15) is 0 Å². The molecule has 7 nitrogen and oxygen atoms in total. The largest absolute Gasteiger partial charge is 0.480 e. The molecule has 3 N–H and O–H groups in total. The average molecular weight is 346 g/mol. The smallest absolute Gasteiger partial charge is 0.326 e. The van der Waals surface area contributed by atoms with Crippen LogP contribution in [-0.4, -0.2) is 37.7 Å². The molecule has 0 aliphatic heterocycles. The molecule has 1 amide bonds. The number of carbonyl (C=O) groups excluding carboxylic acids is 1. The summed E-state index contributed by atoms with van der Waals surface area (Å²) >= 11 is 0. The maximum Gasteiger partial charge on any atom is 0.326 e. The van der Waals surface area contributed by atoms with Gasteiger partial charge in [-0.25, -0.2) is 17.6 Å². The Hall–Kier alpha value is -2.16. The van der Waals surface area contributed by atoms with Gasteiger partial charge in [-0.15, -0.1) is 0 Å². The second kappa shape index (κ2) is 7.40. The number of hydrogen-bond acceptors (Lipinski definition) is 4. The minimum atomic E-state index is -3.71. The van der Waals surface area contributed by atoms with Crippen LogP contribution in [0.2, 0.25) is 0 Å². The topological polar surface area (TPSA) is 113 Å². The highest BCUT2D eigenvalue weighted by Crippen LogP contribution is 2.18. The molecule has 0 saturated heterocycles. The molecule has 2 atom stereocenters. The third kappa shape index (κ3) is 5.51. The molecule has 128 valence electrons. The Bertz CT molecular complexity index is 705. The molecule has 0 aliphatic rings. The molecule has 23 heavy (non-hydrogen) atoms. The number of halogens is 1. The molecular formula is C14H19FN2O5S. The molecule has 0 heterocycles. The average Bonchev–Trinajstić information content (AvgIpc) is 2.44. The maximum atomic E-state index is 13.6. The Balaban J connectivity index is 3.04. The summed E-state index contributed by atoms with van der Waals surface area (Å²) in [6, 6.07) is 2.00. The summed E-state index contributed by atoms with van der Waals surface area (Å²) in [5, 5.41) is 11.5. The second-order valence-corrected chi connectivity index (χ2v) is 6.99. The first-order valence-corrected chi connectivity index (χ1v) is 8.75. The number of rotatable bonds is 7. The van der Waals surface area contributed by atoms with Crippen LogP contribution in [0.1, 0.15) is 30.6 Å². The lowest BCUT2D eigenvalue weighted by Crippen LogP contribution is -2.45. The van der Waals surface area contributed by atoms with Crippen molar-refractivity contribution >= 4 is 27.6 Å². The minimum absolute atomic E-state index is 0.0490. The van der Waals surface area contributed by atoms with Gasteiger partial charge in [0.2, 0.25) is 10.0 Å². The highest BCUT2D eigenvalue weighted by atomic mass is 32.2. The van der Waals surface area contributed by atoms with E-state index >= 15 is 0 Å². The zero-order valence-corrected chi connectivity index (χ0v) is 13.8. The fraction of sp³-hybridized carbons (Fsp3) is 0.429. The number of nitrogens with one attached hydrogen (secondary N) is 2. The highest BCUT2D eigenvalue weighted by Gasteiger charge is 2.26. The molecule has 9 heteroatoms. The number of benzene rings is 1. The number of sulfonamides is 1. The van der Waals surface area contributed by atoms with Crippen molar-refractivity contribution in [2.45, 2.75) is 26.3 Å². The first kappa shape index (κ1) is 18.9. The third-order valence-corrected chi connectivity index (χ3v) is 3.88. The quantitative estimate of drug-likeness (QED) is 0.691. The number of aliphatic carboxylic acids is 1. The molecular weight excluding hydrogens is 327 g/mol. The van der Waals surface area contributed by atoms with E-state index in [1.54, 1.807) is 13.8 Å². The lowest BCUT2D eigenvalue weighted by Gasteiger charge is -2.20. The van der Waals surface area contributed by atoms with Crippen molar-refractivity contribution in [1.29, 1.82) is 0 Å². The SMILES string of the molecule is CCC(C)C(NC(=O)c1ccc(F)c(NS(C)(=O)=O)c1)C(=O)O. The van der Waals surface area contributed by atoms with E-state index in [2.05, 4.69) is 5.32 Å². The van der Waals surface area contributed by atoms with Crippen LogP contribution in [0.25, 0.3) is 0 Å². The zero-order chi connectivity index (χ0) is 17.8. The van der Waals surface area contributed by atoms with Gasteiger partial charge < -0.3 is 10.4 Å². The van der Waals surface area contributed by atoms with E-state index in [1.165, 1.54) is 0 Å². The molecule has 1 aromatic rings. The number of carboxylic acids is 1. The summed E-state index contributed by atoms with van der Waals surface area (Å²) in [7, 11) is -3.71. The molecule has 0 aliphatic carbocycles. The summed E-state index contributed by atoms with van der Waals surface area (Å²) in [5.41, 5.74) is -0.428. The van der Waals surface area contributed by atoms with Gasteiger partial charge in [-0.1, -0.05) is 20.3 Å². The Morgan fingerprint density at radius 1 is 1.35 bits per heavy atom. The Labute approximate surface area is 133 Å². The van der Waals surface area contributed by atoms with Crippen molar-refractivity contribution in [3.05, 3.63) is 29.6 Å². The molecule has 0 aromatic heterocycles. The molecule has 0 radical (unpaired) electrons. The van der Waals surface area contributed by atoms with Gasteiger partial charge in [0.25, 0.3) is 5.91 Å². The van der Waals surface area contributed by atoms with Gasteiger partial charge in [-0.3, -0.25) is 9.52 Å². The molecule has 2 unspecified atom stereocenters. The predicted molar refractivity (Wildman–Crippen MR) is 83.2 cm³/mol. The summed E-state index contributed by atoms with van der Waals surface area (Å²) in [5.74, 6) is -3.05. The van der Waals surface area contributed by atoms with Gasteiger partial charge in [0.15, 0.2) is 0 Å². The van der Waals surface area contributed by atoms with Crippen LogP contribution < -0.4 is 10.0 Å². The predicted octanol–water partition coefficient (Wildman–Crippen LogP) is 1.43. The van der Waals surface area contributed by atoms with E-state index in [4.69, 9.17) is 5.11 Å². The maximum absolute atomic E-state index is 13.6. The lowest BCUT2D eigenvalue weighted by molar-refractivity contribution is -0.140. The standard InChI is InChI=1S/C14H19FN2O5S/c1-4-8(2)12(14(19)20)16-13(18)9-5-6-10(15)11(7-9)17-23(3,21)22/h5-8,12,17H,4H2,1-3H3,(H,16,18)(H,19,20). The van der Waals surface area contributed by atoms with Crippen molar-refractivity contribution < 1.29 is 27.5 Å². The zero-order valence-electron chi connectivity index (χ0n) is 13.0. The first-order chi connectivity index (χ1) is 10.5. The van der Waals surface area contributed by atoms with Gasteiger partial charge in [0.05, 0.1) is 11.9 Å². The van der Waals surface area contributed by atoms with Crippen LogP contribution in [0.5, 0.6) is 0 Å². The number of amides is 1. The van der Waals surface area contributed by atoms with Crippen LogP contribution in [0.4, 0.5) is 10.1 Å². The second-order valence-electron chi connectivity index (χ2n) is 5.24. The number of anilines is 1. The van der Waals surface area contributed by atoms with Crippen molar-refractivity contribution in [3.63, 3.8) is 0 Å². The normalized spacial score (nSPS) is 13.9. The van der Waals surface area contributed by atoms with E-state index in [-0.39, 0.29) is 17.2 Å². The molecule has 0 bridgehead atoms. The Morgan fingerprint density at radius 2 is 1.96 bits per heavy atom. The Kier molecular flexibility index (Phi) is 6.08. The van der Waals surface area contributed by atoms with Crippen molar-refractivity contribution in [2.24, 2.45) is 5.92 Å². The van der Waals surface area contributed by atoms with Crippen molar-refractivity contribution in [2.75, 3.05) is 11.0 Å². The van der Waals surface area contributed by atoms with E-state index < -0.39 is 33.8 Å². The van der Waals surface area contributed by atoms with E-state index in [1.807, 2.05) is 4.72 Å². The molecule has 0 saturated carbocycles. The van der Waals surface area contributed by atoms with Crippen LogP contribution >= 0.6 is 0 Å². The van der Waals surface area contributed by atoms with Crippen LogP contribution in [0.15, 0.2) is 18.2 Å². The third-order valence-electron chi connectivity index (χ3n) is 3.29.